The van der Waals surface area contributed by atoms with Crippen LogP contribution in [0.2, 0.25) is 0 Å². The van der Waals surface area contributed by atoms with Crippen molar-refractivity contribution in [2.75, 3.05) is 13.1 Å². The van der Waals surface area contributed by atoms with Gasteiger partial charge in [0.25, 0.3) is 0 Å². The topological polar surface area (TPSA) is 38.0 Å². The minimum Gasteiger partial charge on any atom is -0.329 e. The summed E-state index contributed by atoms with van der Waals surface area (Å²) in [7, 11) is 0. The second-order valence-corrected chi connectivity index (χ2v) is 3.09. The van der Waals surface area contributed by atoms with E-state index in [1.54, 1.807) is 0 Å². The van der Waals surface area contributed by atoms with Crippen LogP contribution in [0, 0.1) is 5.92 Å². The van der Waals surface area contributed by atoms with Crippen molar-refractivity contribution in [1.82, 2.24) is 5.32 Å². The largest absolute Gasteiger partial charge is 0.329 e. The van der Waals surface area contributed by atoms with Gasteiger partial charge in [0.05, 0.1) is 0 Å². The van der Waals surface area contributed by atoms with Crippen LogP contribution in [0.25, 0.3) is 0 Å². The Morgan fingerprint density at radius 1 is 1.60 bits per heavy atom. The normalized spacial score (nSPS) is 21.0. The van der Waals surface area contributed by atoms with E-state index in [0.717, 1.165) is 25.0 Å². The lowest BCUT2D eigenvalue weighted by atomic mass is 10.1. The lowest BCUT2D eigenvalue weighted by Crippen LogP contribution is -2.34. The van der Waals surface area contributed by atoms with Crippen LogP contribution in [-0.2, 0) is 0 Å². The van der Waals surface area contributed by atoms with Gasteiger partial charge in [-0.25, -0.2) is 0 Å². The van der Waals surface area contributed by atoms with Gasteiger partial charge >= 0.3 is 0 Å². The summed E-state index contributed by atoms with van der Waals surface area (Å²) in [4.78, 5) is 0. The highest BCUT2D eigenvalue weighted by molar-refractivity contribution is 4.85. The lowest BCUT2D eigenvalue weighted by Gasteiger charge is -2.14. The summed E-state index contributed by atoms with van der Waals surface area (Å²) in [6.07, 6.45) is 4.11. The molecule has 1 aliphatic carbocycles. The standard InChI is InChI=1S/C8H18N2/c1-2-8(7-3-4-7)10-6-5-9/h7-8,10H,2-6,9H2,1H3. The molecule has 0 amide bonds. The van der Waals surface area contributed by atoms with Gasteiger partial charge < -0.3 is 11.1 Å². The van der Waals surface area contributed by atoms with E-state index in [9.17, 15) is 0 Å². The Morgan fingerprint density at radius 3 is 2.70 bits per heavy atom. The molecule has 0 aromatic carbocycles. The fraction of sp³-hybridized carbons (Fsp3) is 1.00. The maximum Gasteiger partial charge on any atom is 0.00932 e. The van der Waals surface area contributed by atoms with Gasteiger partial charge in [-0.3, -0.25) is 0 Å². The lowest BCUT2D eigenvalue weighted by molar-refractivity contribution is 0.456. The highest BCUT2D eigenvalue weighted by Crippen LogP contribution is 2.33. The van der Waals surface area contributed by atoms with E-state index >= 15 is 0 Å². The van der Waals surface area contributed by atoms with Gasteiger partial charge in [0.15, 0.2) is 0 Å². The summed E-state index contributed by atoms with van der Waals surface area (Å²) < 4.78 is 0. The van der Waals surface area contributed by atoms with E-state index in [-0.39, 0.29) is 0 Å². The first kappa shape index (κ1) is 8.02. The molecular weight excluding hydrogens is 124 g/mol. The van der Waals surface area contributed by atoms with Crippen molar-refractivity contribution in [1.29, 1.82) is 0 Å². The van der Waals surface area contributed by atoms with Crippen molar-refractivity contribution < 1.29 is 0 Å². The third-order valence-electron chi connectivity index (χ3n) is 2.18. The maximum atomic E-state index is 5.39. The monoisotopic (exact) mass is 142 g/mol. The minimum absolute atomic E-state index is 0.753. The Hall–Kier alpha value is -0.0800. The molecule has 1 fully saturated rings. The molecule has 2 nitrogen and oxygen atoms in total. The fourth-order valence-corrected chi connectivity index (χ4v) is 1.41. The van der Waals surface area contributed by atoms with Crippen LogP contribution in [0.15, 0.2) is 0 Å². The van der Waals surface area contributed by atoms with Gasteiger partial charge in [-0.15, -0.1) is 0 Å². The molecule has 60 valence electrons. The van der Waals surface area contributed by atoms with Gasteiger partial charge in [0, 0.05) is 19.1 Å². The molecular formula is C8H18N2. The summed E-state index contributed by atoms with van der Waals surface area (Å²) >= 11 is 0. The summed E-state index contributed by atoms with van der Waals surface area (Å²) in [5, 5.41) is 3.46. The van der Waals surface area contributed by atoms with E-state index in [1.165, 1.54) is 19.3 Å². The second-order valence-electron chi connectivity index (χ2n) is 3.09. The number of rotatable bonds is 5. The molecule has 0 aliphatic heterocycles. The van der Waals surface area contributed by atoms with Gasteiger partial charge in [-0.2, -0.15) is 0 Å². The van der Waals surface area contributed by atoms with Crippen LogP contribution in [0.5, 0.6) is 0 Å². The third-order valence-corrected chi connectivity index (χ3v) is 2.18. The Balaban J connectivity index is 2.07. The third kappa shape index (κ3) is 2.27. The van der Waals surface area contributed by atoms with Crippen LogP contribution in [0.1, 0.15) is 26.2 Å². The van der Waals surface area contributed by atoms with E-state index in [2.05, 4.69) is 12.2 Å². The highest BCUT2D eigenvalue weighted by Gasteiger charge is 2.28. The first-order valence-corrected chi connectivity index (χ1v) is 4.32. The molecule has 3 N–H and O–H groups in total. The maximum absolute atomic E-state index is 5.39. The van der Waals surface area contributed by atoms with Crippen LogP contribution < -0.4 is 11.1 Å². The van der Waals surface area contributed by atoms with Gasteiger partial charge in [0.1, 0.15) is 0 Å². The molecule has 1 unspecified atom stereocenters. The summed E-state index contributed by atoms with van der Waals surface area (Å²) in [6.45, 7) is 3.99. The Bertz CT molecular complexity index is 89.3. The predicted molar refractivity (Wildman–Crippen MR) is 43.9 cm³/mol. The molecule has 1 aliphatic rings. The SMILES string of the molecule is CCC(NCCN)C1CC1. The molecule has 1 saturated carbocycles. The molecule has 0 bridgehead atoms. The Morgan fingerprint density at radius 2 is 2.30 bits per heavy atom. The van der Waals surface area contributed by atoms with Gasteiger partial charge in [0.2, 0.25) is 0 Å². The molecule has 0 spiro atoms. The Kier molecular flexibility index (Phi) is 3.16. The van der Waals surface area contributed by atoms with Gasteiger partial charge in [-0.05, 0) is 25.2 Å². The minimum atomic E-state index is 0.753. The summed E-state index contributed by atoms with van der Waals surface area (Å²) in [5.41, 5.74) is 5.39. The zero-order valence-electron chi connectivity index (χ0n) is 6.77. The molecule has 0 aromatic rings. The average Bonchev–Trinajstić information content (AvgIpc) is 2.73. The highest BCUT2D eigenvalue weighted by atomic mass is 14.9. The zero-order valence-corrected chi connectivity index (χ0v) is 6.77. The number of hydrogen-bond acceptors (Lipinski definition) is 2. The number of nitrogens with one attached hydrogen (secondary N) is 1. The summed E-state index contributed by atoms with van der Waals surface area (Å²) in [5.74, 6) is 0.969. The van der Waals surface area contributed by atoms with Crippen LogP contribution in [-0.4, -0.2) is 19.1 Å². The zero-order chi connectivity index (χ0) is 7.40. The van der Waals surface area contributed by atoms with E-state index in [4.69, 9.17) is 5.73 Å². The van der Waals surface area contributed by atoms with E-state index in [1.807, 2.05) is 0 Å². The smallest absolute Gasteiger partial charge is 0.00932 e. The average molecular weight is 142 g/mol. The first-order valence-electron chi connectivity index (χ1n) is 4.32. The van der Waals surface area contributed by atoms with Crippen LogP contribution >= 0.6 is 0 Å². The van der Waals surface area contributed by atoms with Crippen molar-refractivity contribution in [3.63, 3.8) is 0 Å². The van der Waals surface area contributed by atoms with Crippen molar-refractivity contribution in [2.24, 2.45) is 11.7 Å². The molecule has 1 atom stereocenters. The number of nitrogens with two attached hydrogens (primary N) is 1. The predicted octanol–water partition coefficient (Wildman–Crippen LogP) is 0.723. The Labute approximate surface area is 63.2 Å². The van der Waals surface area contributed by atoms with Crippen LogP contribution in [0.3, 0.4) is 0 Å². The summed E-state index contributed by atoms with van der Waals surface area (Å²) in [6, 6.07) is 0.753. The fourth-order valence-electron chi connectivity index (χ4n) is 1.41. The quantitative estimate of drug-likeness (QED) is 0.593. The molecule has 2 heteroatoms. The molecule has 1 rings (SSSR count). The molecule has 10 heavy (non-hydrogen) atoms. The number of hydrogen-bond donors (Lipinski definition) is 2. The first-order chi connectivity index (χ1) is 4.88. The molecule has 0 saturated heterocycles. The molecule has 0 heterocycles. The van der Waals surface area contributed by atoms with Crippen LogP contribution in [0.4, 0.5) is 0 Å². The van der Waals surface area contributed by atoms with Crippen molar-refractivity contribution in [3.05, 3.63) is 0 Å². The van der Waals surface area contributed by atoms with E-state index in [0.29, 0.717) is 0 Å². The molecule has 0 radical (unpaired) electrons. The second kappa shape index (κ2) is 3.94. The van der Waals surface area contributed by atoms with E-state index < -0.39 is 0 Å². The van der Waals surface area contributed by atoms with Gasteiger partial charge in [-0.1, -0.05) is 6.92 Å². The van der Waals surface area contributed by atoms with Crippen molar-refractivity contribution in [2.45, 2.75) is 32.2 Å². The van der Waals surface area contributed by atoms with Crippen molar-refractivity contribution in [3.8, 4) is 0 Å². The molecule has 0 aromatic heterocycles. The van der Waals surface area contributed by atoms with Crippen molar-refractivity contribution >= 4 is 0 Å².